The maximum atomic E-state index is 6.19. The molecule has 0 saturated heterocycles. The van der Waals surface area contributed by atoms with Crippen molar-refractivity contribution in [1.82, 2.24) is 19.6 Å². The third kappa shape index (κ3) is 2.61. The summed E-state index contributed by atoms with van der Waals surface area (Å²) in [5, 5.41) is 5.77. The zero-order chi connectivity index (χ0) is 14.1. The van der Waals surface area contributed by atoms with E-state index in [0.29, 0.717) is 26.8 Å². The van der Waals surface area contributed by atoms with Crippen molar-refractivity contribution in [3.8, 4) is 0 Å². The average Bonchev–Trinajstić information content (AvgIpc) is 2.87. The van der Waals surface area contributed by atoms with Gasteiger partial charge in [-0.25, -0.2) is 0 Å². The van der Waals surface area contributed by atoms with Crippen LogP contribution in [0.5, 0.6) is 0 Å². The number of rotatable bonds is 3. The van der Waals surface area contributed by atoms with Crippen molar-refractivity contribution in [2.45, 2.75) is 17.8 Å². The molecule has 0 atom stereocenters. The van der Waals surface area contributed by atoms with Gasteiger partial charge in [-0.3, -0.25) is 0 Å². The summed E-state index contributed by atoms with van der Waals surface area (Å²) >= 11 is 13.7. The molecule has 0 aliphatic rings. The zero-order valence-electron chi connectivity index (χ0n) is 10.5. The second kappa shape index (κ2) is 5.60. The Balaban J connectivity index is 1.88. The quantitative estimate of drug-likeness (QED) is 0.539. The molecule has 3 aromatic rings. The van der Waals surface area contributed by atoms with Gasteiger partial charge in [-0.1, -0.05) is 65.3 Å². The highest BCUT2D eigenvalue weighted by molar-refractivity contribution is 7.98. The van der Waals surface area contributed by atoms with Gasteiger partial charge < -0.3 is 0 Å². The van der Waals surface area contributed by atoms with Gasteiger partial charge in [0.1, 0.15) is 10.3 Å². The van der Waals surface area contributed by atoms with E-state index in [4.69, 9.17) is 23.2 Å². The summed E-state index contributed by atoms with van der Waals surface area (Å²) in [6.45, 7) is 1.80. The molecular weight excluding hydrogens is 315 g/mol. The van der Waals surface area contributed by atoms with Gasteiger partial charge in [-0.05, 0) is 12.5 Å². The third-order valence-corrected chi connectivity index (χ3v) is 4.50. The maximum Gasteiger partial charge on any atom is 0.256 e. The molecule has 2 heterocycles. The van der Waals surface area contributed by atoms with E-state index in [1.54, 1.807) is 6.92 Å². The predicted molar refractivity (Wildman–Crippen MR) is 81.5 cm³/mol. The van der Waals surface area contributed by atoms with Crippen LogP contribution in [0.2, 0.25) is 10.3 Å². The molecule has 0 bridgehead atoms. The van der Waals surface area contributed by atoms with Gasteiger partial charge in [-0.15, -0.1) is 5.10 Å². The number of halogens is 2. The van der Waals surface area contributed by atoms with Crippen molar-refractivity contribution in [3.05, 3.63) is 51.8 Å². The van der Waals surface area contributed by atoms with Crippen molar-refractivity contribution in [1.29, 1.82) is 0 Å². The second-order valence-corrected chi connectivity index (χ2v) is 5.86. The molecule has 0 aliphatic carbocycles. The van der Waals surface area contributed by atoms with Gasteiger partial charge >= 0.3 is 0 Å². The summed E-state index contributed by atoms with van der Waals surface area (Å²) in [7, 11) is 0. The number of hydrogen-bond donors (Lipinski definition) is 0. The van der Waals surface area contributed by atoms with Gasteiger partial charge in [0.05, 0.1) is 0 Å². The Kier molecular flexibility index (Phi) is 3.83. The van der Waals surface area contributed by atoms with Gasteiger partial charge in [0.2, 0.25) is 5.16 Å². The lowest BCUT2D eigenvalue weighted by Gasteiger charge is -2.00. The molecule has 3 rings (SSSR count). The number of hydrogen-bond acceptors (Lipinski definition) is 4. The fourth-order valence-corrected chi connectivity index (χ4v) is 2.88. The lowest BCUT2D eigenvalue weighted by molar-refractivity contribution is 0.873. The van der Waals surface area contributed by atoms with Crippen LogP contribution in [0.4, 0.5) is 0 Å². The molecule has 0 amide bonds. The van der Waals surface area contributed by atoms with Crippen LogP contribution in [-0.4, -0.2) is 19.6 Å². The van der Waals surface area contributed by atoms with Gasteiger partial charge in [0.25, 0.3) is 5.78 Å². The Hall–Kier alpha value is -1.30. The first-order valence-corrected chi connectivity index (χ1v) is 7.64. The molecule has 4 nitrogen and oxygen atoms in total. The second-order valence-electron chi connectivity index (χ2n) is 4.20. The van der Waals surface area contributed by atoms with E-state index in [2.05, 4.69) is 27.2 Å². The minimum Gasteiger partial charge on any atom is -0.199 e. The number of nitrogens with zero attached hydrogens (tertiary/aromatic N) is 4. The van der Waals surface area contributed by atoms with E-state index < -0.39 is 0 Å². The Morgan fingerprint density at radius 2 is 1.90 bits per heavy atom. The largest absolute Gasteiger partial charge is 0.256 e. The van der Waals surface area contributed by atoms with E-state index in [0.717, 1.165) is 5.75 Å². The molecular formula is C13H10Cl2N4S. The molecule has 20 heavy (non-hydrogen) atoms. The molecule has 7 heteroatoms. The Bertz CT molecular complexity index is 758. The van der Waals surface area contributed by atoms with E-state index >= 15 is 0 Å². The van der Waals surface area contributed by atoms with Gasteiger partial charge in [-0.2, -0.15) is 14.5 Å². The molecule has 102 valence electrons. The number of benzene rings is 1. The minimum absolute atomic E-state index is 0.356. The smallest absolute Gasteiger partial charge is 0.199 e. The van der Waals surface area contributed by atoms with Crippen LogP contribution >= 0.6 is 35.0 Å². The highest BCUT2D eigenvalue weighted by Crippen LogP contribution is 2.25. The lowest BCUT2D eigenvalue weighted by Crippen LogP contribution is -1.96. The molecule has 0 aliphatic heterocycles. The molecule has 0 N–H and O–H groups in total. The Labute approximate surface area is 130 Å². The van der Waals surface area contributed by atoms with Crippen molar-refractivity contribution in [2.24, 2.45) is 0 Å². The van der Waals surface area contributed by atoms with Crippen LogP contribution in [0.3, 0.4) is 0 Å². The van der Waals surface area contributed by atoms with Crippen molar-refractivity contribution < 1.29 is 0 Å². The fourth-order valence-electron chi connectivity index (χ4n) is 1.69. The molecule has 0 spiro atoms. The summed E-state index contributed by atoms with van der Waals surface area (Å²) in [6, 6.07) is 10.1. The van der Waals surface area contributed by atoms with Crippen LogP contribution in [0, 0.1) is 6.92 Å². The zero-order valence-corrected chi connectivity index (χ0v) is 12.9. The van der Waals surface area contributed by atoms with Gasteiger partial charge in [0.15, 0.2) is 0 Å². The van der Waals surface area contributed by atoms with Crippen LogP contribution in [-0.2, 0) is 5.75 Å². The predicted octanol–water partition coefficient (Wildman–Crippen LogP) is 4.03. The number of aromatic nitrogens is 4. The van der Waals surface area contributed by atoms with Crippen LogP contribution < -0.4 is 0 Å². The summed E-state index contributed by atoms with van der Waals surface area (Å²) in [5.74, 6) is 1.21. The summed E-state index contributed by atoms with van der Waals surface area (Å²) in [4.78, 5) is 8.49. The molecule has 0 fully saturated rings. The monoisotopic (exact) mass is 324 g/mol. The number of fused-ring (bicyclic) bond motifs is 1. The molecule has 0 unspecified atom stereocenters. The highest BCUT2D eigenvalue weighted by Gasteiger charge is 2.13. The molecule has 1 aromatic carbocycles. The molecule has 2 aromatic heterocycles. The van der Waals surface area contributed by atoms with Crippen LogP contribution in [0.15, 0.2) is 35.5 Å². The van der Waals surface area contributed by atoms with Crippen LogP contribution in [0.25, 0.3) is 5.78 Å². The van der Waals surface area contributed by atoms with Crippen molar-refractivity contribution in [3.63, 3.8) is 0 Å². The summed E-state index contributed by atoms with van der Waals surface area (Å²) < 4.78 is 1.51. The summed E-state index contributed by atoms with van der Waals surface area (Å²) in [5.41, 5.74) is 1.91. The fraction of sp³-hybridized carbons (Fsp3) is 0.154. The lowest BCUT2D eigenvalue weighted by atomic mass is 10.2. The van der Waals surface area contributed by atoms with Crippen molar-refractivity contribution in [2.75, 3.05) is 0 Å². The number of thioether (sulfide) groups is 1. The molecule has 0 saturated carbocycles. The standard InChI is InChI=1S/C13H10Cl2N4S/c1-8-10(14)16-12-17-13(18-19(12)11(8)15)20-7-9-5-3-2-4-6-9/h2-6H,7H2,1H3. The summed E-state index contributed by atoms with van der Waals surface area (Å²) in [6.07, 6.45) is 0. The maximum absolute atomic E-state index is 6.19. The van der Waals surface area contributed by atoms with Crippen molar-refractivity contribution >= 4 is 40.7 Å². The SMILES string of the molecule is Cc1c(Cl)nc2nc(SCc3ccccc3)nn2c1Cl. The highest BCUT2D eigenvalue weighted by atomic mass is 35.5. The van der Waals surface area contributed by atoms with Gasteiger partial charge in [0, 0.05) is 11.3 Å². The first kappa shape index (κ1) is 13.7. The topological polar surface area (TPSA) is 43.1 Å². The first-order chi connectivity index (χ1) is 9.65. The van der Waals surface area contributed by atoms with E-state index in [1.807, 2.05) is 18.2 Å². The Morgan fingerprint density at radius 3 is 2.65 bits per heavy atom. The molecule has 0 radical (unpaired) electrons. The third-order valence-electron chi connectivity index (χ3n) is 2.78. The average molecular weight is 325 g/mol. The minimum atomic E-state index is 0.356. The normalized spacial score (nSPS) is 11.2. The first-order valence-electron chi connectivity index (χ1n) is 5.90. The van der Waals surface area contributed by atoms with Crippen LogP contribution in [0.1, 0.15) is 11.1 Å². The van der Waals surface area contributed by atoms with E-state index in [1.165, 1.54) is 21.8 Å². The van der Waals surface area contributed by atoms with E-state index in [9.17, 15) is 0 Å². The Morgan fingerprint density at radius 1 is 1.15 bits per heavy atom. The van der Waals surface area contributed by atoms with E-state index in [-0.39, 0.29) is 0 Å².